The van der Waals surface area contributed by atoms with Crippen LogP contribution in [-0.2, 0) is 10.5 Å². The van der Waals surface area contributed by atoms with Gasteiger partial charge >= 0.3 is 0 Å². The van der Waals surface area contributed by atoms with Crippen LogP contribution in [0, 0.1) is 0 Å². The number of carbonyl (C=O) groups is 1. The third-order valence-electron chi connectivity index (χ3n) is 2.75. The zero-order valence-electron chi connectivity index (χ0n) is 14.2. The van der Waals surface area contributed by atoms with Crippen molar-refractivity contribution in [3.8, 4) is 5.75 Å². The number of hydrogen-bond donors (Lipinski definition) is 1. The molecule has 0 spiro atoms. The highest BCUT2D eigenvalue weighted by molar-refractivity contribution is 8.03. The van der Waals surface area contributed by atoms with Crippen LogP contribution in [0.15, 0.2) is 32.9 Å². The minimum Gasteiger partial charge on any atom is -0.497 e. The monoisotopic (exact) mass is 383 g/mol. The second kappa shape index (κ2) is 8.73. The maximum atomic E-state index is 11.8. The summed E-state index contributed by atoms with van der Waals surface area (Å²) in [4.78, 5) is 11.8. The Bertz CT molecular complexity index is 666. The molecule has 24 heavy (non-hydrogen) atoms. The van der Waals surface area contributed by atoms with Crippen LogP contribution in [-0.4, -0.2) is 34.5 Å². The molecule has 0 aliphatic carbocycles. The van der Waals surface area contributed by atoms with E-state index in [2.05, 4.69) is 15.5 Å². The van der Waals surface area contributed by atoms with Gasteiger partial charge in [-0.2, -0.15) is 0 Å². The van der Waals surface area contributed by atoms with E-state index in [4.69, 9.17) is 4.74 Å². The number of nitrogens with zero attached hydrogens (tertiary/aromatic N) is 2. The van der Waals surface area contributed by atoms with Gasteiger partial charge in [0.2, 0.25) is 5.91 Å². The number of aromatic nitrogens is 2. The summed E-state index contributed by atoms with van der Waals surface area (Å²) in [5.41, 5.74) is 0.993. The number of carbonyl (C=O) groups excluding carboxylic acids is 1. The predicted molar refractivity (Wildman–Crippen MR) is 101 cm³/mol. The van der Waals surface area contributed by atoms with Gasteiger partial charge in [0.05, 0.1) is 12.9 Å². The Hall–Kier alpha value is -1.25. The number of ether oxygens (including phenoxy) is 1. The van der Waals surface area contributed by atoms with Gasteiger partial charge < -0.3 is 10.1 Å². The van der Waals surface area contributed by atoms with Gasteiger partial charge in [-0.15, -0.1) is 10.2 Å². The topological polar surface area (TPSA) is 64.1 Å². The Morgan fingerprint density at radius 3 is 2.38 bits per heavy atom. The maximum absolute atomic E-state index is 11.8. The van der Waals surface area contributed by atoms with E-state index in [9.17, 15) is 4.79 Å². The van der Waals surface area contributed by atoms with Gasteiger partial charge in [0.25, 0.3) is 0 Å². The van der Waals surface area contributed by atoms with Gasteiger partial charge in [-0.1, -0.05) is 47.0 Å². The molecular formula is C16H21N3O2S3. The van der Waals surface area contributed by atoms with E-state index in [-0.39, 0.29) is 11.4 Å². The zero-order chi connectivity index (χ0) is 17.6. The van der Waals surface area contributed by atoms with Crippen LogP contribution in [0.1, 0.15) is 26.3 Å². The molecule has 0 bridgehead atoms. The average Bonchev–Trinajstić information content (AvgIpc) is 2.98. The molecule has 0 saturated heterocycles. The first-order valence-electron chi connectivity index (χ1n) is 7.39. The van der Waals surface area contributed by atoms with Gasteiger partial charge in [0.1, 0.15) is 5.75 Å². The van der Waals surface area contributed by atoms with Crippen molar-refractivity contribution < 1.29 is 9.53 Å². The third-order valence-corrected chi connectivity index (χ3v) is 6.01. The Morgan fingerprint density at radius 1 is 1.17 bits per heavy atom. The molecule has 0 aliphatic heterocycles. The molecule has 0 unspecified atom stereocenters. The molecule has 0 aliphatic rings. The molecule has 1 amide bonds. The summed E-state index contributed by atoms with van der Waals surface area (Å²) in [5.74, 6) is 2.05. The molecule has 1 heterocycles. The Kier molecular flexibility index (Phi) is 6.94. The second-order valence-electron chi connectivity index (χ2n) is 6.06. The molecule has 1 aromatic carbocycles. The van der Waals surface area contributed by atoms with Crippen LogP contribution in [0.2, 0.25) is 0 Å². The SMILES string of the molecule is COc1ccc(CSc2nnc(SCC(=O)NC(C)(C)C)s2)cc1. The van der Waals surface area contributed by atoms with Gasteiger partial charge in [-0.05, 0) is 38.5 Å². The lowest BCUT2D eigenvalue weighted by molar-refractivity contribution is -0.119. The number of methoxy groups -OCH3 is 1. The zero-order valence-corrected chi connectivity index (χ0v) is 16.6. The maximum Gasteiger partial charge on any atom is 0.230 e. The molecule has 5 nitrogen and oxygen atoms in total. The van der Waals surface area contributed by atoms with Crippen molar-refractivity contribution in [1.29, 1.82) is 0 Å². The van der Waals surface area contributed by atoms with E-state index in [0.717, 1.165) is 20.2 Å². The summed E-state index contributed by atoms with van der Waals surface area (Å²) in [5, 5.41) is 11.2. The molecule has 8 heteroatoms. The van der Waals surface area contributed by atoms with E-state index in [0.29, 0.717) is 5.75 Å². The van der Waals surface area contributed by atoms with E-state index in [1.54, 1.807) is 18.9 Å². The lowest BCUT2D eigenvalue weighted by Gasteiger charge is -2.19. The lowest BCUT2D eigenvalue weighted by atomic mass is 10.1. The fourth-order valence-corrected chi connectivity index (χ4v) is 4.54. The molecule has 0 fully saturated rings. The number of nitrogens with one attached hydrogen (secondary N) is 1. The van der Waals surface area contributed by atoms with Crippen LogP contribution in [0.3, 0.4) is 0 Å². The minimum absolute atomic E-state index is 0.00939. The molecule has 2 rings (SSSR count). The smallest absolute Gasteiger partial charge is 0.230 e. The number of rotatable bonds is 7. The molecule has 0 radical (unpaired) electrons. The van der Waals surface area contributed by atoms with Gasteiger partial charge in [0.15, 0.2) is 8.68 Å². The largest absolute Gasteiger partial charge is 0.497 e. The summed E-state index contributed by atoms with van der Waals surface area (Å²) in [7, 11) is 1.66. The summed E-state index contributed by atoms with van der Waals surface area (Å²) >= 11 is 4.58. The second-order valence-corrected chi connectivity index (χ2v) is 9.48. The normalized spacial score (nSPS) is 11.3. The van der Waals surface area contributed by atoms with Gasteiger partial charge in [0, 0.05) is 11.3 Å². The van der Waals surface area contributed by atoms with E-state index in [1.165, 1.54) is 28.7 Å². The molecule has 1 aromatic heterocycles. The van der Waals surface area contributed by atoms with Crippen LogP contribution in [0.5, 0.6) is 5.75 Å². The predicted octanol–water partition coefficient (Wildman–Crippen LogP) is 3.85. The highest BCUT2D eigenvalue weighted by Crippen LogP contribution is 2.31. The van der Waals surface area contributed by atoms with Crippen molar-refractivity contribution in [1.82, 2.24) is 15.5 Å². The van der Waals surface area contributed by atoms with E-state index < -0.39 is 0 Å². The van der Waals surface area contributed by atoms with Crippen LogP contribution in [0.4, 0.5) is 0 Å². The fourth-order valence-electron chi connectivity index (χ4n) is 1.76. The van der Waals surface area contributed by atoms with Crippen molar-refractivity contribution in [3.05, 3.63) is 29.8 Å². The van der Waals surface area contributed by atoms with Crippen LogP contribution in [0.25, 0.3) is 0 Å². The van der Waals surface area contributed by atoms with Crippen molar-refractivity contribution in [3.63, 3.8) is 0 Å². The molecule has 0 atom stereocenters. The van der Waals surface area contributed by atoms with Crippen LogP contribution >= 0.6 is 34.9 Å². The van der Waals surface area contributed by atoms with Gasteiger partial charge in [-0.25, -0.2) is 0 Å². The van der Waals surface area contributed by atoms with Crippen molar-refractivity contribution >= 4 is 40.8 Å². The first-order valence-corrected chi connectivity index (χ1v) is 10.2. The first-order chi connectivity index (χ1) is 11.4. The highest BCUT2D eigenvalue weighted by atomic mass is 32.2. The fraction of sp³-hybridized carbons (Fsp3) is 0.438. The first kappa shape index (κ1) is 19.1. The Morgan fingerprint density at radius 2 is 1.79 bits per heavy atom. The minimum atomic E-state index is -0.210. The van der Waals surface area contributed by atoms with Crippen molar-refractivity contribution in [2.45, 2.75) is 40.7 Å². The number of amides is 1. The summed E-state index contributed by atoms with van der Waals surface area (Å²) < 4.78 is 6.87. The third kappa shape index (κ3) is 6.70. The molecule has 0 saturated carbocycles. The highest BCUT2D eigenvalue weighted by Gasteiger charge is 2.15. The molecule has 2 aromatic rings. The quantitative estimate of drug-likeness (QED) is 0.733. The summed E-state index contributed by atoms with van der Waals surface area (Å²) in [6.07, 6.45) is 0. The standard InChI is InChI=1S/C16H21N3O2S3/c1-16(2,3)17-13(20)10-23-15-19-18-14(24-15)22-9-11-5-7-12(21-4)8-6-11/h5-8H,9-10H2,1-4H3,(H,17,20). The van der Waals surface area contributed by atoms with E-state index >= 15 is 0 Å². The van der Waals surface area contributed by atoms with Gasteiger partial charge in [-0.3, -0.25) is 4.79 Å². The summed E-state index contributed by atoms with van der Waals surface area (Å²) in [6.45, 7) is 5.90. The summed E-state index contributed by atoms with van der Waals surface area (Å²) in [6, 6.07) is 7.98. The van der Waals surface area contributed by atoms with E-state index in [1.807, 2.05) is 45.0 Å². The van der Waals surface area contributed by atoms with Crippen LogP contribution < -0.4 is 10.1 Å². The molecule has 1 N–H and O–H groups in total. The van der Waals surface area contributed by atoms with Crippen molar-refractivity contribution in [2.75, 3.05) is 12.9 Å². The lowest BCUT2D eigenvalue weighted by Crippen LogP contribution is -2.41. The number of benzene rings is 1. The average molecular weight is 384 g/mol. The molecule has 130 valence electrons. The Balaban J connectivity index is 1.79. The molecular weight excluding hydrogens is 362 g/mol. The Labute approximate surface area is 155 Å². The number of hydrogen-bond acceptors (Lipinski definition) is 7. The van der Waals surface area contributed by atoms with Crippen molar-refractivity contribution in [2.24, 2.45) is 0 Å². The number of thioether (sulfide) groups is 2.